The third kappa shape index (κ3) is 5.72. The summed E-state index contributed by atoms with van der Waals surface area (Å²) in [5, 5.41) is 1.63. The zero-order chi connectivity index (χ0) is 21.0. The van der Waals surface area contributed by atoms with Crippen LogP contribution in [0.25, 0.3) is 0 Å². The summed E-state index contributed by atoms with van der Waals surface area (Å²) in [6, 6.07) is 9.40. The highest BCUT2D eigenvalue weighted by Crippen LogP contribution is 2.55. The second-order valence-electron chi connectivity index (χ2n) is 10.1. The van der Waals surface area contributed by atoms with Crippen LogP contribution in [0.1, 0.15) is 104 Å². The molecule has 2 fully saturated rings. The molecule has 0 aliphatic heterocycles. The van der Waals surface area contributed by atoms with Gasteiger partial charge in [-0.2, -0.15) is 0 Å². The maximum Gasteiger partial charge on any atom is 0.1000 e. The van der Waals surface area contributed by atoms with Gasteiger partial charge in [0.05, 0.1) is 15.7 Å². The number of nitrogens with zero attached hydrogens (tertiary/aromatic N) is 1. The van der Waals surface area contributed by atoms with Gasteiger partial charge in [-0.1, -0.05) is 70.7 Å². The van der Waals surface area contributed by atoms with E-state index in [9.17, 15) is 4.21 Å². The van der Waals surface area contributed by atoms with Crippen molar-refractivity contribution in [3.05, 3.63) is 29.8 Å². The summed E-state index contributed by atoms with van der Waals surface area (Å²) in [5.41, 5.74) is 3.23. The first-order chi connectivity index (χ1) is 13.8. The van der Waals surface area contributed by atoms with Gasteiger partial charge < -0.3 is 0 Å². The summed E-state index contributed by atoms with van der Waals surface area (Å²) >= 11 is 0. The Morgan fingerprint density at radius 1 is 0.931 bits per heavy atom. The van der Waals surface area contributed by atoms with Gasteiger partial charge in [-0.25, -0.2) is 8.51 Å². The molecule has 4 heteroatoms. The molecule has 0 aromatic heterocycles. The Hall–Kier alpha value is -0.240. The minimum Gasteiger partial charge on any atom is -0.242 e. The summed E-state index contributed by atoms with van der Waals surface area (Å²) in [6.07, 6.45) is 14.2. The van der Waals surface area contributed by atoms with Crippen LogP contribution in [0.5, 0.6) is 0 Å². The van der Waals surface area contributed by atoms with Crippen molar-refractivity contribution in [1.29, 1.82) is 0 Å². The summed E-state index contributed by atoms with van der Waals surface area (Å²) in [5.74, 6) is 0. The second-order valence-corrected chi connectivity index (χ2v) is 15.2. The minimum atomic E-state index is -1.00. The Morgan fingerprint density at radius 2 is 1.41 bits per heavy atom. The predicted molar refractivity (Wildman–Crippen MR) is 131 cm³/mol. The molecule has 2 aliphatic carbocycles. The SMILES string of the molecule is C[C@@H](c1ccccc1P(C1CCCCC1)C1CCCCC1)N(C)[S@](=O)C(C)(C)C. The van der Waals surface area contributed by atoms with Crippen LogP contribution in [0.15, 0.2) is 24.3 Å². The molecule has 0 heterocycles. The number of hydrogen-bond donors (Lipinski definition) is 0. The average Bonchev–Trinajstić information content (AvgIpc) is 2.73. The van der Waals surface area contributed by atoms with Gasteiger partial charge in [0, 0.05) is 13.1 Å². The standard InChI is InChI=1S/C25H42NOPS/c1-20(26(5)29(27)25(2,3)4)23-18-12-13-19-24(23)28(21-14-8-6-9-15-21)22-16-10-7-11-17-22/h12-13,18-22H,6-11,14-17H2,1-5H3/t20-,29+/m0/s1. The molecule has 0 amide bonds. The predicted octanol–water partition coefficient (Wildman–Crippen LogP) is 6.91. The highest BCUT2D eigenvalue weighted by molar-refractivity contribution is 7.84. The Labute approximate surface area is 183 Å². The molecule has 2 atom stereocenters. The van der Waals surface area contributed by atoms with Gasteiger partial charge in [-0.15, -0.1) is 0 Å². The zero-order valence-electron chi connectivity index (χ0n) is 19.3. The van der Waals surface area contributed by atoms with Crippen LogP contribution in [-0.2, 0) is 11.0 Å². The molecule has 0 radical (unpaired) electrons. The highest BCUT2D eigenvalue weighted by Gasteiger charge is 2.35. The molecule has 2 saturated carbocycles. The molecular formula is C25H42NOPS. The van der Waals surface area contributed by atoms with E-state index in [0.717, 1.165) is 11.3 Å². The first kappa shape index (κ1) is 23.4. The second kappa shape index (κ2) is 10.4. The van der Waals surface area contributed by atoms with Crippen molar-refractivity contribution in [2.45, 2.75) is 114 Å². The van der Waals surface area contributed by atoms with Gasteiger partial charge in [0.25, 0.3) is 0 Å². The molecule has 29 heavy (non-hydrogen) atoms. The van der Waals surface area contributed by atoms with Crippen LogP contribution in [0.3, 0.4) is 0 Å². The summed E-state index contributed by atoms with van der Waals surface area (Å²) in [6.45, 7) is 8.50. The van der Waals surface area contributed by atoms with E-state index in [2.05, 4.69) is 56.3 Å². The average molecular weight is 436 g/mol. The van der Waals surface area contributed by atoms with Crippen LogP contribution < -0.4 is 5.30 Å². The van der Waals surface area contributed by atoms with Crippen LogP contribution in [0.2, 0.25) is 0 Å². The van der Waals surface area contributed by atoms with Crippen molar-refractivity contribution in [3.8, 4) is 0 Å². The van der Waals surface area contributed by atoms with Crippen molar-refractivity contribution in [1.82, 2.24) is 4.31 Å². The lowest BCUT2D eigenvalue weighted by Gasteiger charge is -2.41. The van der Waals surface area contributed by atoms with E-state index < -0.39 is 11.0 Å². The van der Waals surface area contributed by atoms with E-state index in [4.69, 9.17) is 0 Å². The summed E-state index contributed by atoms with van der Waals surface area (Å²) in [7, 11) is 0.902. The van der Waals surface area contributed by atoms with Gasteiger partial charge in [0.1, 0.15) is 0 Å². The van der Waals surface area contributed by atoms with E-state index in [1.54, 1.807) is 5.30 Å². The molecule has 164 valence electrons. The van der Waals surface area contributed by atoms with E-state index in [1.807, 2.05) is 7.05 Å². The molecule has 1 aromatic rings. The Morgan fingerprint density at radius 3 is 1.90 bits per heavy atom. The topological polar surface area (TPSA) is 20.3 Å². The van der Waals surface area contributed by atoms with Gasteiger partial charge in [0.15, 0.2) is 0 Å². The molecule has 2 nitrogen and oxygen atoms in total. The fourth-order valence-electron chi connectivity index (χ4n) is 5.26. The zero-order valence-corrected chi connectivity index (χ0v) is 21.0. The molecule has 3 rings (SSSR count). The number of benzene rings is 1. The van der Waals surface area contributed by atoms with Crippen LogP contribution in [0, 0.1) is 0 Å². The molecule has 2 aliphatic rings. The van der Waals surface area contributed by atoms with Gasteiger partial charge in [0.2, 0.25) is 0 Å². The van der Waals surface area contributed by atoms with Crippen molar-refractivity contribution in [2.24, 2.45) is 0 Å². The molecule has 0 saturated heterocycles. The van der Waals surface area contributed by atoms with Gasteiger partial charge in [-0.05, 0) is 75.6 Å². The number of rotatable bonds is 6. The van der Waals surface area contributed by atoms with E-state index in [-0.39, 0.29) is 18.7 Å². The monoisotopic (exact) mass is 435 g/mol. The maximum absolute atomic E-state index is 13.1. The Balaban J connectivity index is 1.95. The largest absolute Gasteiger partial charge is 0.242 e. The molecule has 1 aromatic carbocycles. The normalized spacial score (nSPS) is 22.2. The Kier molecular flexibility index (Phi) is 8.38. The first-order valence-electron chi connectivity index (χ1n) is 11.8. The lowest BCUT2D eigenvalue weighted by molar-refractivity contribution is 0.418. The Bertz CT molecular complexity index is 656. The van der Waals surface area contributed by atoms with Crippen molar-refractivity contribution >= 4 is 24.2 Å². The third-order valence-electron chi connectivity index (χ3n) is 6.93. The van der Waals surface area contributed by atoms with Gasteiger partial charge >= 0.3 is 0 Å². The van der Waals surface area contributed by atoms with Gasteiger partial charge in [-0.3, -0.25) is 0 Å². The van der Waals surface area contributed by atoms with Crippen molar-refractivity contribution in [2.75, 3.05) is 7.05 Å². The molecule has 0 unspecified atom stereocenters. The van der Waals surface area contributed by atoms with E-state index in [1.165, 1.54) is 69.8 Å². The fraction of sp³-hybridized carbons (Fsp3) is 0.760. The summed E-state index contributed by atoms with van der Waals surface area (Å²) in [4.78, 5) is 0. The minimum absolute atomic E-state index is 0.143. The third-order valence-corrected chi connectivity index (χ3v) is 12.4. The molecule has 0 bridgehead atoms. The maximum atomic E-state index is 13.1. The van der Waals surface area contributed by atoms with Crippen molar-refractivity contribution < 1.29 is 4.21 Å². The quantitative estimate of drug-likeness (QED) is 0.444. The van der Waals surface area contributed by atoms with E-state index >= 15 is 0 Å². The van der Waals surface area contributed by atoms with Crippen LogP contribution in [0.4, 0.5) is 0 Å². The van der Waals surface area contributed by atoms with Crippen LogP contribution in [-0.4, -0.2) is 31.6 Å². The lowest BCUT2D eigenvalue weighted by atomic mass is 9.99. The van der Waals surface area contributed by atoms with E-state index in [0.29, 0.717) is 0 Å². The fourth-order valence-corrected chi connectivity index (χ4v) is 10.6. The lowest BCUT2D eigenvalue weighted by Crippen LogP contribution is -2.38. The smallest absolute Gasteiger partial charge is 0.1000 e. The highest BCUT2D eigenvalue weighted by atomic mass is 32.2. The van der Waals surface area contributed by atoms with Crippen LogP contribution >= 0.6 is 7.92 Å². The molecule has 0 spiro atoms. The van der Waals surface area contributed by atoms with Crippen molar-refractivity contribution in [3.63, 3.8) is 0 Å². The molecule has 0 N–H and O–H groups in total. The summed E-state index contributed by atoms with van der Waals surface area (Å²) < 4.78 is 15.0. The molecular weight excluding hydrogens is 393 g/mol. The number of hydrogen-bond acceptors (Lipinski definition) is 1. The first-order valence-corrected chi connectivity index (χ1v) is 14.4.